The predicted octanol–water partition coefficient (Wildman–Crippen LogP) is 1.26. The minimum Gasteiger partial charge on any atom is -0.314 e. The lowest BCUT2D eigenvalue weighted by Gasteiger charge is -2.42. The van der Waals surface area contributed by atoms with Crippen LogP contribution in [0.2, 0.25) is 0 Å². The maximum absolute atomic E-state index is 3.51. The largest absolute Gasteiger partial charge is 0.314 e. The van der Waals surface area contributed by atoms with Gasteiger partial charge in [-0.2, -0.15) is 0 Å². The van der Waals surface area contributed by atoms with E-state index < -0.39 is 0 Å². The lowest BCUT2D eigenvalue weighted by Crippen LogP contribution is -2.56. The van der Waals surface area contributed by atoms with Crippen LogP contribution >= 0.6 is 0 Å². The molecule has 0 aromatic heterocycles. The van der Waals surface area contributed by atoms with Gasteiger partial charge in [-0.15, -0.1) is 0 Å². The fourth-order valence-corrected chi connectivity index (χ4v) is 2.52. The quantitative estimate of drug-likeness (QED) is 0.763. The van der Waals surface area contributed by atoms with E-state index in [0.717, 1.165) is 19.0 Å². The molecule has 16 heavy (non-hydrogen) atoms. The van der Waals surface area contributed by atoms with Crippen molar-refractivity contribution in [1.29, 1.82) is 0 Å². The third-order valence-corrected chi connectivity index (χ3v) is 3.66. The highest BCUT2D eigenvalue weighted by molar-refractivity contribution is 4.85. The number of hydrogen-bond acceptors (Lipinski definition) is 3. The summed E-state index contributed by atoms with van der Waals surface area (Å²) in [6.45, 7) is 11.8. The van der Waals surface area contributed by atoms with Crippen LogP contribution in [0.15, 0.2) is 0 Å². The highest BCUT2D eigenvalue weighted by atomic mass is 15.2. The first kappa shape index (κ1) is 13.9. The minimum atomic E-state index is 0.705. The normalized spacial score (nSPS) is 25.3. The average molecular weight is 227 g/mol. The molecular formula is C13H29N3. The molecular weight excluding hydrogens is 198 g/mol. The summed E-state index contributed by atoms with van der Waals surface area (Å²) < 4.78 is 0. The Bertz CT molecular complexity index is 192. The highest BCUT2D eigenvalue weighted by Crippen LogP contribution is 2.17. The number of hydrogen-bond donors (Lipinski definition) is 1. The molecule has 0 spiro atoms. The third kappa shape index (κ3) is 4.04. The summed E-state index contributed by atoms with van der Waals surface area (Å²) >= 11 is 0. The van der Waals surface area contributed by atoms with Crippen LogP contribution in [0, 0.1) is 5.92 Å². The summed E-state index contributed by atoms with van der Waals surface area (Å²) in [5.41, 5.74) is 0. The molecule has 1 aliphatic heterocycles. The zero-order chi connectivity index (χ0) is 12.1. The van der Waals surface area contributed by atoms with Crippen LogP contribution < -0.4 is 5.32 Å². The number of piperazine rings is 1. The molecule has 96 valence electrons. The van der Waals surface area contributed by atoms with Crippen molar-refractivity contribution in [3.05, 3.63) is 0 Å². The Balaban J connectivity index is 2.47. The maximum Gasteiger partial charge on any atom is 0.0246 e. The van der Waals surface area contributed by atoms with Crippen LogP contribution in [0.1, 0.15) is 27.2 Å². The minimum absolute atomic E-state index is 0.705. The van der Waals surface area contributed by atoms with E-state index >= 15 is 0 Å². The van der Waals surface area contributed by atoms with Gasteiger partial charge >= 0.3 is 0 Å². The average Bonchev–Trinajstić information content (AvgIpc) is 2.25. The third-order valence-electron chi connectivity index (χ3n) is 3.66. The molecule has 1 N–H and O–H groups in total. The van der Waals surface area contributed by atoms with Crippen molar-refractivity contribution in [2.24, 2.45) is 5.92 Å². The van der Waals surface area contributed by atoms with Gasteiger partial charge in [-0.05, 0) is 39.9 Å². The highest BCUT2D eigenvalue weighted by Gasteiger charge is 2.28. The standard InChI is InChI=1S/C13H29N3/c1-11(2)13-10-14-7-9-16(13)12(3)6-8-15(4)5/h11-14H,6-10H2,1-5H3. The summed E-state index contributed by atoms with van der Waals surface area (Å²) in [4.78, 5) is 4.98. The summed E-state index contributed by atoms with van der Waals surface area (Å²) in [5.74, 6) is 0.745. The summed E-state index contributed by atoms with van der Waals surface area (Å²) in [5, 5.41) is 3.51. The monoisotopic (exact) mass is 227 g/mol. The van der Waals surface area contributed by atoms with Gasteiger partial charge < -0.3 is 10.2 Å². The van der Waals surface area contributed by atoms with Gasteiger partial charge in [-0.1, -0.05) is 13.8 Å². The van der Waals surface area contributed by atoms with Gasteiger partial charge in [-0.3, -0.25) is 4.90 Å². The van der Waals surface area contributed by atoms with Crippen LogP contribution in [-0.2, 0) is 0 Å². The molecule has 0 aliphatic carbocycles. The van der Waals surface area contributed by atoms with Crippen LogP contribution in [-0.4, -0.2) is 62.2 Å². The van der Waals surface area contributed by atoms with Crippen molar-refractivity contribution < 1.29 is 0 Å². The van der Waals surface area contributed by atoms with Crippen molar-refractivity contribution in [1.82, 2.24) is 15.1 Å². The van der Waals surface area contributed by atoms with Crippen molar-refractivity contribution in [2.75, 3.05) is 40.3 Å². The van der Waals surface area contributed by atoms with E-state index in [4.69, 9.17) is 0 Å². The molecule has 0 radical (unpaired) electrons. The molecule has 1 heterocycles. The molecule has 1 saturated heterocycles. The Morgan fingerprint density at radius 2 is 2.00 bits per heavy atom. The topological polar surface area (TPSA) is 18.5 Å². The van der Waals surface area contributed by atoms with Gasteiger partial charge in [0.15, 0.2) is 0 Å². The summed E-state index contributed by atoms with van der Waals surface area (Å²) in [6.07, 6.45) is 1.27. The van der Waals surface area contributed by atoms with Gasteiger partial charge in [0, 0.05) is 31.7 Å². The summed E-state index contributed by atoms with van der Waals surface area (Å²) in [7, 11) is 4.31. The van der Waals surface area contributed by atoms with Crippen molar-refractivity contribution in [3.8, 4) is 0 Å². The van der Waals surface area contributed by atoms with Crippen LogP contribution in [0.5, 0.6) is 0 Å². The first-order valence-electron chi connectivity index (χ1n) is 6.63. The van der Waals surface area contributed by atoms with Gasteiger partial charge in [0.05, 0.1) is 0 Å². The van der Waals surface area contributed by atoms with Gasteiger partial charge in [0.25, 0.3) is 0 Å². The second kappa shape index (κ2) is 6.58. The molecule has 0 bridgehead atoms. The zero-order valence-corrected chi connectivity index (χ0v) is 11.7. The molecule has 1 fully saturated rings. The number of nitrogens with zero attached hydrogens (tertiary/aromatic N) is 2. The van der Waals surface area contributed by atoms with Crippen molar-refractivity contribution in [2.45, 2.75) is 39.3 Å². The fourth-order valence-electron chi connectivity index (χ4n) is 2.52. The Kier molecular flexibility index (Phi) is 5.73. The Morgan fingerprint density at radius 1 is 1.31 bits per heavy atom. The van der Waals surface area contributed by atoms with E-state index in [1.165, 1.54) is 19.5 Å². The van der Waals surface area contributed by atoms with Gasteiger partial charge in [0.2, 0.25) is 0 Å². The molecule has 1 rings (SSSR count). The summed E-state index contributed by atoms with van der Waals surface area (Å²) in [6, 6.07) is 1.42. The van der Waals surface area contributed by atoms with E-state index in [9.17, 15) is 0 Å². The van der Waals surface area contributed by atoms with Crippen LogP contribution in [0.25, 0.3) is 0 Å². The van der Waals surface area contributed by atoms with E-state index in [2.05, 4.69) is 50.0 Å². The number of nitrogens with one attached hydrogen (secondary N) is 1. The van der Waals surface area contributed by atoms with Crippen molar-refractivity contribution >= 4 is 0 Å². The van der Waals surface area contributed by atoms with E-state index in [1.807, 2.05) is 0 Å². The molecule has 1 aliphatic rings. The molecule has 0 aromatic carbocycles. The van der Waals surface area contributed by atoms with Crippen molar-refractivity contribution in [3.63, 3.8) is 0 Å². The van der Waals surface area contributed by atoms with Gasteiger partial charge in [-0.25, -0.2) is 0 Å². The number of rotatable bonds is 5. The molecule has 0 saturated carbocycles. The van der Waals surface area contributed by atoms with E-state index in [1.54, 1.807) is 0 Å². The first-order valence-corrected chi connectivity index (χ1v) is 6.63. The lowest BCUT2D eigenvalue weighted by atomic mass is 9.98. The SMILES string of the molecule is CC(C)C1CNCCN1C(C)CCN(C)C. The second-order valence-corrected chi connectivity index (χ2v) is 5.69. The Hall–Kier alpha value is -0.120. The molecule has 0 amide bonds. The fraction of sp³-hybridized carbons (Fsp3) is 1.00. The molecule has 2 atom stereocenters. The Labute approximate surface area is 101 Å². The van der Waals surface area contributed by atoms with Gasteiger partial charge in [0.1, 0.15) is 0 Å². The Morgan fingerprint density at radius 3 is 2.56 bits per heavy atom. The van der Waals surface area contributed by atoms with E-state index in [-0.39, 0.29) is 0 Å². The van der Waals surface area contributed by atoms with E-state index in [0.29, 0.717) is 12.1 Å². The van der Waals surface area contributed by atoms with Crippen LogP contribution in [0.4, 0.5) is 0 Å². The molecule has 0 aromatic rings. The molecule has 3 heteroatoms. The zero-order valence-electron chi connectivity index (χ0n) is 11.7. The molecule has 3 nitrogen and oxygen atoms in total. The first-order chi connectivity index (χ1) is 7.52. The second-order valence-electron chi connectivity index (χ2n) is 5.69. The molecule has 2 unspecified atom stereocenters. The maximum atomic E-state index is 3.51. The van der Waals surface area contributed by atoms with Crippen LogP contribution in [0.3, 0.4) is 0 Å². The predicted molar refractivity (Wildman–Crippen MR) is 70.8 cm³/mol. The lowest BCUT2D eigenvalue weighted by molar-refractivity contribution is 0.0769. The smallest absolute Gasteiger partial charge is 0.0246 e.